The second kappa shape index (κ2) is 8.97. The number of carbonyl (C=O) groups is 2. The minimum Gasteiger partial charge on any atom is -0.480 e. The van der Waals surface area contributed by atoms with Crippen molar-refractivity contribution in [1.29, 1.82) is 0 Å². The Balaban J connectivity index is 1.77. The molecule has 1 aromatic heterocycles. The first kappa shape index (κ1) is 23.0. The van der Waals surface area contributed by atoms with Gasteiger partial charge in [-0.1, -0.05) is 30.3 Å². The first-order chi connectivity index (χ1) is 15.6. The van der Waals surface area contributed by atoms with Crippen molar-refractivity contribution >= 4 is 32.9 Å². The quantitative estimate of drug-likeness (QED) is 0.541. The van der Waals surface area contributed by atoms with Gasteiger partial charge in [-0.15, -0.1) is 0 Å². The van der Waals surface area contributed by atoms with E-state index in [4.69, 9.17) is 0 Å². The van der Waals surface area contributed by atoms with Gasteiger partial charge in [-0.05, 0) is 23.8 Å². The summed E-state index contributed by atoms with van der Waals surface area (Å²) in [5, 5.41) is 20.2. The van der Waals surface area contributed by atoms with E-state index in [9.17, 15) is 28.2 Å². The summed E-state index contributed by atoms with van der Waals surface area (Å²) in [6, 6.07) is 13.4. The molecular formula is C23H25N3O6S. The summed E-state index contributed by atoms with van der Waals surface area (Å²) in [6.07, 6.45) is 2.91. The molecule has 0 bridgehead atoms. The van der Waals surface area contributed by atoms with Gasteiger partial charge in [-0.25, -0.2) is 13.2 Å². The summed E-state index contributed by atoms with van der Waals surface area (Å²) in [7, 11) is -3.35. The molecule has 10 heteroatoms. The van der Waals surface area contributed by atoms with E-state index in [1.54, 1.807) is 17.2 Å². The Hall–Kier alpha value is -3.21. The second-order valence-electron chi connectivity index (χ2n) is 8.17. The number of benzene rings is 2. The smallest absolute Gasteiger partial charge is 0.335 e. The molecule has 1 fully saturated rings. The van der Waals surface area contributed by atoms with Crippen molar-refractivity contribution < 1.29 is 28.2 Å². The molecule has 0 amide bonds. The van der Waals surface area contributed by atoms with E-state index in [1.807, 2.05) is 34.9 Å². The van der Waals surface area contributed by atoms with Gasteiger partial charge < -0.3 is 14.8 Å². The zero-order valence-corrected chi connectivity index (χ0v) is 18.9. The number of carboxylic acid groups (broad SMARTS) is 2. The van der Waals surface area contributed by atoms with Crippen LogP contribution in [0.2, 0.25) is 0 Å². The Morgan fingerprint density at radius 1 is 1.00 bits per heavy atom. The van der Waals surface area contributed by atoms with Crippen molar-refractivity contribution in [2.24, 2.45) is 0 Å². The Morgan fingerprint density at radius 3 is 2.24 bits per heavy atom. The summed E-state index contributed by atoms with van der Waals surface area (Å²) in [4.78, 5) is 25.7. The molecule has 9 nitrogen and oxygen atoms in total. The van der Waals surface area contributed by atoms with Crippen LogP contribution in [-0.4, -0.2) is 76.8 Å². The third kappa shape index (κ3) is 4.77. The van der Waals surface area contributed by atoms with E-state index in [0.717, 1.165) is 17.3 Å². The number of piperazine rings is 1. The maximum Gasteiger partial charge on any atom is 0.335 e. The average molecular weight is 472 g/mol. The first-order valence-electron chi connectivity index (χ1n) is 10.5. The number of hydrogen-bond donors (Lipinski definition) is 2. The number of rotatable bonds is 7. The van der Waals surface area contributed by atoms with E-state index in [-0.39, 0.29) is 31.7 Å². The largest absolute Gasteiger partial charge is 0.480 e. The Morgan fingerprint density at radius 2 is 1.67 bits per heavy atom. The molecule has 0 unspecified atom stereocenters. The van der Waals surface area contributed by atoms with Gasteiger partial charge in [0.2, 0.25) is 10.0 Å². The average Bonchev–Trinajstić information content (AvgIpc) is 3.11. The van der Waals surface area contributed by atoms with Crippen molar-refractivity contribution in [1.82, 2.24) is 13.8 Å². The molecule has 1 aliphatic heterocycles. The monoisotopic (exact) mass is 471 g/mol. The molecule has 1 atom stereocenters. The van der Waals surface area contributed by atoms with Gasteiger partial charge in [-0.2, -0.15) is 4.31 Å². The lowest BCUT2D eigenvalue weighted by Gasteiger charge is -2.36. The second-order valence-corrected chi connectivity index (χ2v) is 10.2. The minimum atomic E-state index is -3.35. The van der Waals surface area contributed by atoms with Crippen LogP contribution >= 0.6 is 0 Å². The van der Waals surface area contributed by atoms with Crippen LogP contribution in [0, 0.1) is 0 Å². The predicted molar refractivity (Wildman–Crippen MR) is 123 cm³/mol. The summed E-state index contributed by atoms with van der Waals surface area (Å²) in [5.41, 5.74) is 2.33. The Labute approximate surface area is 191 Å². The highest BCUT2D eigenvalue weighted by Gasteiger charge is 2.34. The fourth-order valence-corrected chi connectivity index (χ4v) is 5.19. The van der Waals surface area contributed by atoms with Gasteiger partial charge in [0.25, 0.3) is 0 Å². The Kier molecular flexibility index (Phi) is 6.24. The lowest BCUT2D eigenvalue weighted by atomic mass is 10.0. The molecule has 0 saturated carbocycles. The van der Waals surface area contributed by atoms with Crippen LogP contribution in [0.25, 0.3) is 10.9 Å². The lowest BCUT2D eigenvalue weighted by Crippen LogP contribution is -2.50. The zero-order valence-electron chi connectivity index (χ0n) is 18.1. The predicted octanol–water partition coefficient (Wildman–Crippen LogP) is 2.09. The van der Waals surface area contributed by atoms with Crippen molar-refractivity contribution in [2.45, 2.75) is 12.6 Å². The number of hydrogen-bond acceptors (Lipinski definition) is 5. The number of aliphatic carboxylic acids is 1. The van der Waals surface area contributed by atoms with Crippen LogP contribution in [0.1, 0.15) is 27.5 Å². The number of carboxylic acids is 2. The molecule has 2 N–H and O–H groups in total. The van der Waals surface area contributed by atoms with Crippen LogP contribution in [0.5, 0.6) is 0 Å². The fraction of sp³-hybridized carbons (Fsp3) is 0.304. The van der Waals surface area contributed by atoms with Gasteiger partial charge >= 0.3 is 11.9 Å². The Bertz CT molecular complexity index is 1290. The third-order valence-corrected chi connectivity index (χ3v) is 7.29. The van der Waals surface area contributed by atoms with E-state index >= 15 is 0 Å². The maximum absolute atomic E-state index is 12.4. The molecular weight excluding hydrogens is 446 g/mol. The van der Waals surface area contributed by atoms with Crippen molar-refractivity contribution in [3.63, 3.8) is 0 Å². The summed E-state index contributed by atoms with van der Waals surface area (Å²) >= 11 is 0. The maximum atomic E-state index is 12.4. The highest BCUT2D eigenvalue weighted by Crippen LogP contribution is 2.33. The van der Waals surface area contributed by atoms with Crippen LogP contribution < -0.4 is 0 Å². The highest BCUT2D eigenvalue weighted by molar-refractivity contribution is 7.88. The van der Waals surface area contributed by atoms with Crippen molar-refractivity contribution in [3.8, 4) is 0 Å². The molecule has 0 spiro atoms. The summed E-state index contributed by atoms with van der Waals surface area (Å²) < 4.78 is 27.0. The van der Waals surface area contributed by atoms with Crippen LogP contribution in [0.3, 0.4) is 0 Å². The molecule has 174 valence electrons. The number of aromatic carboxylic acids is 1. The normalized spacial score (nSPS) is 16.6. The van der Waals surface area contributed by atoms with Crippen LogP contribution in [0.15, 0.2) is 54.7 Å². The summed E-state index contributed by atoms with van der Waals surface area (Å²) in [5.74, 6) is -2.16. The van der Waals surface area contributed by atoms with E-state index in [0.29, 0.717) is 17.5 Å². The van der Waals surface area contributed by atoms with Crippen LogP contribution in [0.4, 0.5) is 0 Å². The van der Waals surface area contributed by atoms with Gasteiger partial charge in [0.15, 0.2) is 0 Å². The minimum absolute atomic E-state index is 0.0762. The molecule has 1 aliphatic rings. The van der Waals surface area contributed by atoms with E-state index in [1.165, 1.54) is 16.4 Å². The van der Waals surface area contributed by atoms with Gasteiger partial charge in [0, 0.05) is 55.4 Å². The topological polar surface area (TPSA) is 120 Å². The molecule has 4 rings (SSSR count). The molecule has 0 radical (unpaired) electrons. The summed E-state index contributed by atoms with van der Waals surface area (Å²) in [6.45, 7) is 1.41. The first-order valence-corrected chi connectivity index (χ1v) is 12.3. The molecule has 2 heterocycles. The lowest BCUT2D eigenvalue weighted by molar-refractivity contribution is -0.144. The van der Waals surface area contributed by atoms with Crippen LogP contribution in [-0.2, 0) is 21.4 Å². The van der Waals surface area contributed by atoms with E-state index < -0.39 is 28.0 Å². The number of sulfonamides is 1. The number of aromatic nitrogens is 1. The van der Waals surface area contributed by atoms with E-state index in [2.05, 4.69) is 0 Å². The van der Waals surface area contributed by atoms with Crippen molar-refractivity contribution in [2.75, 3.05) is 32.4 Å². The molecule has 3 aromatic rings. The molecule has 2 aromatic carbocycles. The third-order valence-electron chi connectivity index (χ3n) is 5.99. The number of nitrogens with zero attached hydrogens (tertiary/aromatic N) is 3. The SMILES string of the molecule is CS(=O)(=O)N1CCN([C@@H](C(=O)O)c2cn(Cc3ccccc3)c3ccc(C(=O)O)cc23)CC1. The van der Waals surface area contributed by atoms with Gasteiger partial charge in [-0.3, -0.25) is 9.69 Å². The standard InChI is InChI=1S/C23H25N3O6S/c1-33(31,32)26-11-9-24(10-12-26)21(23(29)30)19-15-25(14-16-5-3-2-4-6-16)20-8-7-17(22(27)28)13-18(19)20/h2-8,13,15,21H,9-12,14H2,1H3,(H,27,28)(H,29,30)/t21-/m1/s1. The van der Waals surface area contributed by atoms with Gasteiger partial charge in [0.05, 0.1) is 11.8 Å². The van der Waals surface area contributed by atoms with Crippen molar-refractivity contribution in [3.05, 3.63) is 71.4 Å². The highest BCUT2D eigenvalue weighted by atomic mass is 32.2. The molecule has 1 saturated heterocycles. The molecule has 33 heavy (non-hydrogen) atoms. The van der Waals surface area contributed by atoms with Gasteiger partial charge in [0.1, 0.15) is 6.04 Å². The fourth-order valence-electron chi connectivity index (χ4n) is 4.37. The zero-order chi connectivity index (χ0) is 23.8. The molecule has 0 aliphatic carbocycles. The number of fused-ring (bicyclic) bond motifs is 1.